The molecule has 0 aliphatic carbocycles. The molecule has 1 N–H and O–H groups in total. The van der Waals surface area contributed by atoms with Crippen molar-refractivity contribution in [3.63, 3.8) is 0 Å². The number of ether oxygens (including phenoxy) is 3. The number of hydrogen-bond donors (Lipinski definition) is 1. The number of benzene rings is 2. The van der Waals surface area contributed by atoms with E-state index in [9.17, 15) is 18.0 Å². The minimum Gasteiger partial charge on any atom is -0.497 e. The summed E-state index contributed by atoms with van der Waals surface area (Å²) in [7, 11) is -0.772. The number of fused-ring (bicyclic) bond motifs is 1. The molecule has 0 bridgehead atoms. The minimum absolute atomic E-state index is 0.121. The van der Waals surface area contributed by atoms with E-state index in [1.165, 1.54) is 18.9 Å². The van der Waals surface area contributed by atoms with Crippen LogP contribution < -0.4 is 23.8 Å². The van der Waals surface area contributed by atoms with Gasteiger partial charge in [0.25, 0.3) is 0 Å². The number of methoxy groups -OCH3 is 1. The highest BCUT2D eigenvalue weighted by molar-refractivity contribution is 7.92. The molecule has 2 aromatic rings. The molecule has 0 fully saturated rings. The number of sulfonamides is 1. The molecule has 0 radical (unpaired) electrons. The van der Waals surface area contributed by atoms with Crippen molar-refractivity contribution in [2.45, 2.75) is 32.9 Å². The second-order valence-corrected chi connectivity index (χ2v) is 10.3. The van der Waals surface area contributed by atoms with Crippen molar-refractivity contribution in [3.05, 3.63) is 48.0 Å². The first-order valence-electron chi connectivity index (χ1n) is 11.8. The Labute approximate surface area is 212 Å². The van der Waals surface area contributed by atoms with E-state index in [0.29, 0.717) is 36.9 Å². The van der Waals surface area contributed by atoms with Gasteiger partial charge in [0, 0.05) is 19.7 Å². The first-order valence-corrected chi connectivity index (χ1v) is 13.4. The topological polar surface area (TPSA) is 114 Å². The standard InChI is InChI=1S/C25H33N3O7S/c1-5-21(25(30)26-3)27(16-18-7-10-20(33-4)11-8-18)24(29)17-28(36(31,32)6-2)19-9-12-22-23(15-19)35-14-13-34-22/h7-12,15,21H,5-6,13-14,16-17H2,1-4H3,(H,26,30)/t21-/m1/s1. The van der Waals surface area contributed by atoms with E-state index in [1.807, 2.05) is 0 Å². The average molecular weight is 520 g/mol. The monoisotopic (exact) mass is 519 g/mol. The number of rotatable bonds is 11. The zero-order chi connectivity index (χ0) is 26.3. The number of anilines is 1. The van der Waals surface area contributed by atoms with Crippen molar-refractivity contribution in [2.24, 2.45) is 0 Å². The van der Waals surface area contributed by atoms with E-state index in [1.54, 1.807) is 56.5 Å². The van der Waals surface area contributed by atoms with Crippen LogP contribution in [0, 0.1) is 0 Å². The van der Waals surface area contributed by atoms with Gasteiger partial charge in [-0.25, -0.2) is 8.42 Å². The predicted molar refractivity (Wildman–Crippen MR) is 136 cm³/mol. The van der Waals surface area contributed by atoms with Gasteiger partial charge in [-0.05, 0) is 43.2 Å². The SMILES string of the molecule is CC[C@H](C(=O)NC)N(Cc1ccc(OC)cc1)C(=O)CN(c1ccc2c(c1)OCCO2)S(=O)(=O)CC. The number of amides is 2. The Hall–Kier alpha value is -3.47. The Morgan fingerprint density at radius 3 is 2.31 bits per heavy atom. The van der Waals surface area contributed by atoms with Gasteiger partial charge >= 0.3 is 0 Å². The molecule has 2 amide bonds. The summed E-state index contributed by atoms with van der Waals surface area (Å²) in [4.78, 5) is 27.8. The van der Waals surface area contributed by atoms with Crippen LogP contribution >= 0.6 is 0 Å². The molecule has 3 rings (SSSR count). The first-order chi connectivity index (χ1) is 17.2. The van der Waals surface area contributed by atoms with E-state index in [2.05, 4.69) is 5.32 Å². The maximum atomic E-state index is 13.7. The van der Waals surface area contributed by atoms with E-state index < -0.39 is 28.5 Å². The van der Waals surface area contributed by atoms with Crippen molar-refractivity contribution < 1.29 is 32.2 Å². The van der Waals surface area contributed by atoms with Crippen molar-refractivity contribution in [2.75, 3.05) is 44.0 Å². The van der Waals surface area contributed by atoms with Gasteiger partial charge in [-0.1, -0.05) is 19.1 Å². The van der Waals surface area contributed by atoms with Crippen molar-refractivity contribution in [1.29, 1.82) is 0 Å². The molecule has 0 aromatic heterocycles. The third-order valence-corrected chi connectivity index (χ3v) is 7.68. The van der Waals surface area contributed by atoms with Gasteiger partial charge < -0.3 is 24.4 Å². The molecule has 196 valence electrons. The third-order valence-electron chi connectivity index (χ3n) is 5.94. The summed E-state index contributed by atoms with van der Waals surface area (Å²) in [6, 6.07) is 11.1. The average Bonchev–Trinajstić information content (AvgIpc) is 2.91. The minimum atomic E-state index is -3.84. The molecule has 11 heteroatoms. The molecule has 0 saturated heterocycles. The molecular formula is C25H33N3O7S. The lowest BCUT2D eigenvalue weighted by Crippen LogP contribution is -2.52. The molecule has 1 heterocycles. The quantitative estimate of drug-likeness (QED) is 0.484. The maximum absolute atomic E-state index is 13.7. The van der Waals surface area contributed by atoms with Gasteiger partial charge in [-0.3, -0.25) is 13.9 Å². The normalized spacial score (nSPS) is 13.4. The van der Waals surface area contributed by atoms with Gasteiger partial charge in [0.15, 0.2) is 11.5 Å². The van der Waals surface area contributed by atoms with Crippen LogP contribution in [0.3, 0.4) is 0 Å². The second kappa shape index (κ2) is 12.0. The highest BCUT2D eigenvalue weighted by Crippen LogP contribution is 2.35. The van der Waals surface area contributed by atoms with Crippen LogP contribution in [0.5, 0.6) is 17.2 Å². The van der Waals surface area contributed by atoms with Gasteiger partial charge in [0.2, 0.25) is 21.8 Å². The number of carbonyl (C=O) groups is 2. The molecular weight excluding hydrogens is 486 g/mol. The Kier molecular flexibility index (Phi) is 9.03. The number of nitrogens with zero attached hydrogens (tertiary/aromatic N) is 2. The van der Waals surface area contributed by atoms with E-state index in [0.717, 1.165) is 9.87 Å². The summed E-state index contributed by atoms with van der Waals surface area (Å²) < 4.78 is 43.6. The highest BCUT2D eigenvalue weighted by atomic mass is 32.2. The molecule has 36 heavy (non-hydrogen) atoms. The summed E-state index contributed by atoms with van der Waals surface area (Å²) in [5.41, 5.74) is 1.06. The summed E-state index contributed by atoms with van der Waals surface area (Å²) in [5.74, 6) is 0.539. The molecule has 2 aromatic carbocycles. The fraction of sp³-hybridized carbons (Fsp3) is 0.440. The maximum Gasteiger partial charge on any atom is 0.244 e. The molecule has 1 aliphatic heterocycles. The van der Waals surface area contributed by atoms with E-state index in [4.69, 9.17) is 14.2 Å². The highest BCUT2D eigenvalue weighted by Gasteiger charge is 2.32. The lowest BCUT2D eigenvalue weighted by molar-refractivity contribution is -0.140. The predicted octanol–water partition coefficient (Wildman–Crippen LogP) is 2.18. The summed E-state index contributed by atoms with van der Waals surface area (Å²) in [5, 5.41) is 2.60. The van der Waals surface area contributed by atoms with Gasteiger partial charge in [0.05, 0.1) is 18.6 Å². The Balaban J connectivity index is 1.96. The molecule has 0 unspecified atom stereocenters. The van der Waals surface area contributed by atoms with Crippen LogP contribution in [0.2, 0.25) is 0 Å². The van der Waals surface area contributed by atoms with Gasteiger partial charge in [0.1, 0.15) is 31.5 Å². The van der Waals surface area contributed by atoms with Gasteiger partial charge in [-0.2, -0.15) is 0 Å². The first kappa shape index (κ1) is 27.1. The van der Waals surface area contributed by atoms with E-state index in [-0.39, 0.29) is 23.9 Å². The Bertz CT molecular complexity index is 1170. The fourth-order valence-corrected chi connectivity index (χ4v) is 4.97. The lowest BCUT2D eigenvalue weighted by Gasteiger charge is -2.33. The summed E-state index contributed by atoms with van der Waals surface area (Å²) in [6.07, 6.45) is 0.353. The second-order valence-electron chi connectivity index (χ2n) is 8.14. The zero-order valence-corrected chi connectivity index (χ0v) is 21.8. The third kappa shape index (κ3) is 6.20. The van der Waals surface area contributed by atoms with E-state index >= 15 is 0 Å². The van der Waals surface area contributed by atoms with Crippen LogP contribution in [0.4, 0.5) is 5.69 Å². The summed E-state index contributed by atoms with van der Waals surface area (Å²) >= 11 is 0. The molecule has 0 saturated carbocycles. The van der Waals surface area contributed by atoms with Crippen LogP contribution in [0.15, 0.2) is 42.5 Å². The number of likely N-dealkylation sites (N-methyl/N-ethyl adjacent to an activating group) is 1. The number of hydrogen-bond acceptors (Lipinski definition) is 7. The van der Waals surface area contributed by atoms with Gasteiger partial charge in [-0.15, -0.1) is 0 Å². The molecule has 1 atom stereocenters. The largest absolute Gasteiger partial charge is 0.497 e. The number of nitrogens with one attached hydrogen (secondary N) is 1. The van der Waals surface area contributed by atoms with Crippen LogP contribution in [0.25, 0.3) is 0 Å². The lowest BCUT2D eigenvalue weighted by atomic mass is 10.1. The van der Waals surface area contributed by atoms with Crippen molar-refractivity contribution >= 4 is 27.5 Å². The van der Waals surface area contributed by atoms with Crippen LogP contribution in [-0.2, 0) is 26.2 Å². The Morgan fingerprint density at radius 2 is 1.72 bits per heavy atom. The Morgan fingerprint density at radius 1 is 1.06 bits per heavy atom. The zero-order valence-electron chi connectivity index (χ0n) is 21.0. The molecule has 0 spiro atoms. The van der Waals surface area contributed by atoms with Crippen LogP contribution in [-0.4, -0.2) is 70.8 Å². The molecule has 1 aliphatic rings. The summed E-state index contributed by atoms with van der Waals surface area (Å²) in [6.45, 7) is 3.71. The smallest absolute Gasteiger partial charge is 0.244 e. The van der Waals surface area contributed by atoms with Crippen molar-refractivity contribution in [1.82, 2.24) is 10.2 Å². The molecule has 10 nitrogen and oxygen atoms in total. The van der Waals surface area contributed by atoms with Crippen LogP contribution in [0.1, 0.15) is 25.8 Å². The van der Waals surface area contributed by atoms with Crippen molar-refractivity contribution in [3.8, 4) is 17.2 Å². The number of carbonyl (C=O) groups excluding carboxylic acids is 2. The fourth-order valence-electron chi connectivity index (χ4n) is 3.92.